The van der Waals surface area contributed by atoms with Crippen molar-refractivity contribution in [2.75, 3.05) is 11.6 Å². The highest BCUT2D eigenvalue weighted by molar-refractivity contribution is 9.12. The van der Waals surface area contributed by atoms with Crippen LogP contribution in [-0.2, 0) is 0 Å². The molecule has 0 aliphatic carbocycles. The van der Waals surface area contributed by atoms with Crippen LogP contribution in [0, 0.1) is 6.92 Å². The van der Waals surface area contributed by atoms with Gasteiger partial charge in [-0.3, -0.25) is 4.79 Å². The van der Waals surface area contributed by atoms with E-state index in [-0.39, 0.29) is 5.91 Å². The summed E-state index contributed by atoms with van der Waals surface area (Å²) in [7, 11) is 0. The number of hydrogen-bond acceptors (Lipinski definition) is 4. The fourth-order valence-corrected chi connectivity index (χ4v) is 2.94. The highest BCUT2D eigenvalue weighted by Crippen LogP contribution is 2.39. The first-order valence-electron chi connectivity index (χ1n) is 3.98. The molecule has 14 heavy (non-hydrogen) atoms. The van der Waals surface area contributed by atoms with Crippen LogP contribution in [0.3, 0.4) is 0 Å². The fourth-order valence-electron chi connectivity index (χ4n) is 1.26. The molecule has 0 radical (unpaired) electrons. The number of hydrogen-bond donors (Lipinski definition) is 2. The lowest BCUT2D eigenvalue weighted by Gasteiger charge is -2.32. The van der Waals surface area contributed by atoms with E-state index < -0.39 is 3.90 Å². The Bertz CT molecular complexity index is 393. The van der Waals surface area contributed by atoms with Crippen molar-refractivity contribution in [3.8, 4) is 0 Å². The van der Waals surface area contributed by atoms with Crippen molar-refractivity contribution in [3.63, 3.8) is 0 Å². The van der Waals surface area contributed by atoms with Gasteiger partial charge in [-0.1, -0.05) is 0 Å². The van der Waals surface area contributed by atoms with Gasteiger partial charge in [0.15, 0.2) is 0 Å². The molecule has 2 heterocycles. The van der Waals surface area contributed by atoms with Crippen LogP contribution in [0.15, 0.2) is 5.38 Å². The summed E-state index contributed by atoms with van der Waals surface area (Å²) < 4.78 is -0.567. The van der Waals surface area contributed by atoms with Gasteiger partial charge in [-0.25, -0.2) is 0 Å². The Hall–Kier alpha value is -0.200. The van der Waals surface area contributed by atoms with Crippen LogP contribution in [0.4, 0.5) is 5.69 Å². The molecular weight excluding hydrogens is 284 g/mol. The van der Waals surface area contributed by atoms with E-state index in [2.05, 4.69) is 26.6 Å². The molecule has 1 unspecified atom stereocenters. The maximum Gasteiger partial charge on any atom is 0.266 e. The number of rotatable bonds is 1. The number of halogens is 1. The molecule has 0 spiro atoms. The predicted octanol–water partition coefficient (Wildman–Crippen LogP) is 2.58. The summed E-state index contributed by atoms with van der Waals surface area (Å²) in [4.78, 5) is 12.4. The third-order valence-electron chi connectivity index (χ3n) is 2.02. The number of carbonyl (C=O) groups is 1. The lowest BCUT2D eigenvalue weighted by molar-refractivity contribution is 0.0949. The summed E-state index contributed by atoms with van der Waals surface area (Å²) in [6, 6.07) is 0. The first-order chi connectivity index (χ1) is 6.56. The van der Waals surface area contributed by atoms with E-state index in [1.165, 1.54) is 23.1 Å². The smallest absolute Gasteiger partial charge is 0.266 e. The van der Waals surface area contributed by atoms with Gasteiger partial charge in [-0.05, 0) is 40.1 Å². The molecule has 76 valence electrons. The third kappa shape index (κ3) is 1.55. The fraction of sp³-hybridized carbons (Fsp3) is 0.375. The maximum atomic E-state index is 11.7. The van der Waals surface area contributed by atoms with Gasteiger partial charge in [0.05, 0.1) is 5.69 Å². The highest BCUT2D eigenvalue weighted by Gasteiger charge is 2.36. The molecule has 3 nitrogen and oxygen atoms in total. The molecule has 2 N–H and O–H groups in total. The van der Waals surface area contributed by atoms with Crippen LogP contribution in [0.2, 0.25) is 0 Å². The van der Waals surface area contributed by atoms with E-state index in [9.17, 15) is 4.79 Å². The van der Waals surface area contributed by atoms with Gasteiger partial charge in [0, 0.05) is 0 Å². The number of thioether (sulfide) groups is 1. The van der Waals surface area contributed by atoms with E-state index in [0.29, 0.717) is 0 Å². The normalized spacial score (nSPS) is 25.2. The highest BCUT2D eigenvalue weighted by atomic mass is 79.9. The van der Waals surface area contributed by atoms with Gasteiger partial charge in [0.25, 0.3) is 5.91 Å². The molecule has 1 amide bonds. The van der Waals surface area contributed by atoms with Gasteiger partial charge in [0.1, 0.15) is 4.88 Å². The zero-order valence-electron chi connectivity index (χ0n) is 7.68. The molecule has 1 atom stereocenters. The molecule has 2 rings (SSSR count). The van der Waals surface area contributed by atoms with Gasteiger partial charge >= 0.3 is 0 Å². The van der Waals surface area contributed by atoms with Crippen molar-refractivity contribution < 1.29 is 4.79 Å². The second kappa shape index (κ2) is 3.43. The number of nitrogens with one attached hydrogen (secondary N) is 2. The van der Waals surface area contributed by atoms with Crippen molar-refractivity contribution in [3.05, 3.63) is 15.8 Å². The van der Waals surface area contributed by atoms with Crippen molar-refractivity contribution in [2.45, 2.75) is 10.8 Å². The molecule has 6 heteroatoms. The molecule has 0 saturated carbocycles. The summed E-state index contributed by atoms with van der Waals surface area (Å²) >= 11 is 6.42. The quantitative estimate of drug-likeness (QED) is 0.617. The van der Waals surface area contributed by atoms with E-state index in [1.807, 2.05) is 18.6 Å². The minimum atomic E-state index is -0.567. The SMILES string of the molecule is CSC1(Br)NC(=O)c2scc(C)c2N1. The van der Waals surface area contributed by atoms with E-state index in [0.717, 1.165) is 16.1 Å². The minimum Gasteiger partial charge on any atom is -0.344 e. The molecule has 0 saturated heterocycles. The topological polar surface area (TPSA) is 41.1 Å². The average molecular weight is 293 g/mol. The maximum absolute atomic E-state index is 11.7. The van der Waals surface area contributed by atoms with Gasteiger partial charge in [-0.15, -0.1) is 23.1 Å². The van der Waals surface area contributed by atoms with Gasteiger partial charge in [0.2, 0.25) is 3.90 Å². The second-order valence-electron chi connectivity index (χ2n) is 3.00. The Labute approximate surface area is 98.8 Å². The Morgan fingerprint density at radius 2 is 2.29 bits per heavy atom. The summed E-state index contributed by atoms with van der Waals surface area (Å²) in [6.07, 6.45) is 1.93. The molecule has 1 aliphatic heterocycles. The third-order valence-corrected chi connectivity index (χ3v) is 5.25. The first kappa shape index (κ1) is 10.3. The summed E-state index contributed by atoms with van der Waals surface area (Å²) in [6.45, 7) is 1.99. The Morgan fingerprint density at radius 3 is 2.93 bits per heavy atom. The number of alkyl halides is 1. The van der Waals surface area contributed by atoms with Crippen LogP contribution in [0.25, 0.3) is 0 Å². The average Bonchev–Trinajstić information content (AvgIpc) is 2.48. The minimum absolute atomic E-state index is 0.0249. The van der Waals surface area contributed by atoms with Crippen LogP contribution in [-0.4, -0.2) is 16.1 Å². The number of thiophene rings is 1. The summed E-state index contributed by atoms with van der Waals surface area (Å²) in [5.74, 6) is -0.0249. The Balaban J connectivity index is 2.45. The number of aryl methyl sites for hydroxylation is 1. The first-order valence-corrected chi connectivity index (χ1v) is 6.88. The molecular formula is C8H9BrN2OS2. The number of carbonyl (C=O) groups excluding carboxylic acids is 1. The largest absolute Gasteiger partial charge is 0.344 e. The number of anilines is 1. The monoisotopic (exact) mass is 292 g/mol. The van der Waals surface area contributed by atoms with Crippen LogP contribution >= 0.6 is 39.0 Å². The predicted molar refractivity (Wildman–Crippen MR) is 65.3 cm³/mol. The van der Waals surface area contributed by atoms with Crippen molar-refractivity contribution >= 4 is 50.6 Å². The molecule has 0 bridgehead atoms. The number of fused-ring (bicyclic) bond motifs is 1. The van der Waals surface area contributed by atoms with Crippen LogP contribution in [0.5, 0.6) is 0 Å². The van der Waals surface area contributed by atoms with E-state index >= 15 is 0 Å². The van der Waals surface area contributed by atoms with Crippen molar-refractivity contribution in [1.29, 1.82) is 0 Å². The van der Waals surface area contributed by atoms with E-state index in [4.69, 9.17) is 0 Å². The lowest BCUT2D eigenvalue weighted by Crippen LogP contribution is -2.50. The van der Waals surface area contributed by atoms with E-state index in [1.54, 1.807) is 0 Å². The van der Waals surface area contributed by atoms with Crippen LogP contribution in [0.1, 0.15) is 15.2 Å². The molecule has 0 fully saturated rings. The number of amides is 1. The van der Waals surface area contributed by atoms with Crippen LogP contribution < -0.4 is 10.6 Å². The molecule has 0 aromatic carbocycles. The van der Waals surface area contributed by atoms with Crippen molar-refractivity contribution in [1.82, 2.24) is 5.32 Å². The standard InChI is InChI=1S/C8H9BrN2OS2/c1-4-3-14-6-5(4)10-8(9,13-2)11-7(6)12/h3,10H,1-2H3,(H,11,12). The summed E-state index contributed by atoms with van der Waals surface area (Å²) in [5, 5.41) is 8.09. The zero-order valence-corrected chi connectivity index (χ0v) is 10.9. The van der Waals surface area contributed by atoms with Gasteiger partial charge < -0.3 is 10.6 Å². The molecule has 1 aliphatic rings. The Kier molecular flexibility index (Phi) is 2.53. The van der Waals surface area contributed by atoms with Gasteiger partial charge in [-0.2, -0.15) is 0 Å². The molecule has 1 aromatic rings. The van der Waals surface area contributed by atoms with Crippen molar-refractivity contribution in [2.24, 2.45) is 0 Å². The second-order valence-corrected chi connectivity index (χ2v) is 6.62. The summed E-state index contributed by atoms with van der Waals surface area (Å²) in [5.41, 5.74) is 2.04. The Morgan fingerprint density at radius 1 is 1.57 bits per heavy atom. The lowest BCUT2D eigenvalue weighted by atomic mass is 10.2. The zero-order chi connectivity index (χ0) is 10.3. The molecule has 1 aromatic heterocycles.